The van der Waals surface area contributed by atoms with E-state index in [9.17, 15) is 0 Å². The van der Waals surface area contributed by atoms with Crippen LogP contribution in [0.25, 0.3) is 0 Å². The van der Waals surface area contributed by atoms with Crippen LogP contribution in [0.3, 0.4) is 0 Å². The normalized spacial score (nSPS) is 12.2. The van der Waals surface area contributed by atoms with Crippen LogP contribution in [0.4, 0.5) is 5.69 Å². The summed E-state index contributed by atoms with van der Waals surface area (Å²) in [6.07, 6.45) is 1.71. The maximum atomic E-state index is 6.11. The van der Waals surface area contributed by atoms with E-state index in [-0.39, 0.29) is 6.04 Å². The van der Waals surface area contributed by atoms with E-state index in [1.165, 1.54) is 5.56 Å². The largest absolute Gasteiger partial charge is 0.376 e. The summed E-state index contributed by atoms with van der Waals surface area (Å²) in [7, 11) is 0. The lowest BCUT2D eigenvalue weighted by Crippen LogP contribution is -2.08. The first-order valence-electron chi connectivity index (χ1n) is 5.71. The third-order valence-electron chi connectivity index (χ3n) is 2.82. The second-order valence-corrected chi connectivity index (χ2v) is 5.49. The zero-order valence-corrected chi connectivity index (χ0v) is 12.6. The van der Waals surface area contributed by atoms with Crippen LogP contribution in [0.5, 0.6) is 0 Å². The lowest BCUT2D eigenvalue weighted by Gasteiger charge is -2.18. The van der Waals surface area contributed by atoms with Gasteiger partial charge in [0.05, 0.1) is 5.69 Å². The van der Waals surface area contributed by atoms with Gasteiger partial charge in [-0.1, -0.05) is 39.7 Å². The molecule has 0 bridgehead atoms. The van der Waals surface area contributed by atoms with E-state index >= 15 is 0 Å². The van der Waals surface area contributed by atoms with Gasteiger partial charge in [-0.2, -0.15) is 0 Å². The van der Waals surface area contributed by atoms with E-state index in [2.05, 4.69) is 45.3 Å². The number of aryl methyl sites for hydroxylation is 1. The fourth-order valence-corrected chi connectivity index (χ4v) is 2.45. The van der Waals surface area contributed by atoms with E-state index in [0.29, 0.717) is 5.15 Å². The fraction of sp³-hybridized carbons (Fsp3) is 0.214. The van der Waals surface area contributed by atoms with E-state index in [1.807, 2.05) is 25.1 Å². The van der Waals surface area contributed by atoms with Gasteiger partial charge in [-0.05, 0) is 43.2 Å². The number of anilines is 1. The molecule has 1 unspecified atom stereocenters. The molecule has 1 N–H and O–H groups in total. The summed E-state index contributed by atoms with van der Waals surface area (Å²) in [6, 6.07) is 10.3. The minimum atomic E-state index is 0.169. The Labute approximate surface area is 121 Å². The van der Waals surface area contributed by atoms with Gasteiger partial charge in [-0.15, -0.1) is 0 Å². The van der Waals surface area contributed by atoms with E-state index < -0.39 is 0 Å². The number of aromatic nitrogens is 1. The van der Waals surface area contributed by atoms with Crippen LogP contribution < -0.4 is 5.32 Å². The third-order valence-corrected chi connectivity index (χ3v) is 3.60. The molecule has 2 nitrogen and oxygen atoms in total. The highest BCUT2D eigenvalue weighted by Crippen LogP contribution is 2.28. The first-order chi connectivity index (χ1) is 8.58. The quantitative estimate of drug-likeness (QED) is 0.805. The predicted octanol–water partition coefficient (Wildman–Crippen LogP) is 4.98. The van der Waals surface area contributed by atoms with E-state index in [4.69, 9.17) is 11.6 Å². The summed E-state index contributed by atoms with van der Waals surface area (Å²) in [5, 5.41) is 3.92. The number of nitrogens with zero attached hydrogens (tertiary/aromatic N) is 1. The van der Waals surface area contributed by atoms with Gasteiger partial charge in [0.2, 0.25) is 0 Å². The molecule has 0 spiro atoms. The maximum Gasteiger partial charge on any atom is 0.152 e. The molecular formula is C14H14BrClN2. The highest BCUT2D eigenvalue weighted by Gasteiger charge is 2.10. The van der Waals surface area contributed by atoms with Crippen LogP contribution in [0.1, 0.15) is 24.1 Å². The van der Waals surface area contributed by atoms with Gasteiger partial charge < -0.3 is 5.32 Å². The SMILES string of the molecule is Cc1ccnc(Cl)c1NC(C)c1cccc(Br)c1. The van der Waals surface area contributed by atoms with Crippen LogP contribution in [0.2, 0.25) is 5.15 Å². The van der Waals surface area contributed by atoms with Crippen molar-refractivity contribution in [3.05, 3.63) is 57.3 Å². The lowest BCUT2D eigenvalue weighted by molar-refractivity contribution is 0.879. The number of nitrogens with one attached hydrogen (secondary N) is 1. The molecule has 0 aliphatic heterocycles. The Morgan fingerprint density at radius 1 is 1.33 bits per heavy atom. The molecule has 0 fully saturated rings. The average molecular weight is 326 g/mol. The lowest BCUT2D eigenvalue weighted by atomic mass is 10.1. The van der Waals surface area contributed by atoms with Crippen LogP contribution in [-0.4, -0.2) is 4.98 Å². The van der Waals surface area contributed by atoms with E-state index in [1.54, 1.807) is 6.20 Å². The monoisotopic (exact) mass is 324 g/mol. The molecule has 1 aromatic carbocycles. The van der Waals surface area contributed by atoms with Gasteiger partial charge in [0, 0.05) is 16.7 Å². The average Bonchev–Trinajstić information content (AvgIpc) is 2.34. The van der Waals surface area contributed by atoms with Gasteiger partial charge in [-0.3, -0.25) is 0 Å². The Balaban J connectivity index is 2.24. The van der Waals surface area contributed by atoms with Gasteiger partial charge in [0.25, 0.3) is 0 Å². The van der Waals surface area contributed by atoms with Crippen molar-refractivity contribution in [3.63, 3.8) is 0 Å². The summed E-state index contributed by atoms with van der Waals surface area (Å²) in [6.45, 7) is 4.12. The summed E-state index contributed by atoms with van der Waals surface area (Å²) in [5.41, 5.74) is 3.19. The molecule has 2 rings (SSSR count). The Kier molecular flexibility index (Phi) is 4.25. The first kappa shape index (κ1) is 13.4. The molecular weight excluding hydrogens is 312 g/mol. The zero-order valence-electron chi connectivity index (χ0n) is 10.2. The van der Waals surface area contributed by atoms with Crippen molar-refractivity contribution in [2.45, 2.75) is 19.9 Å². The Hall–Kier alpha value is -1.06. The molecule has 1 aromatic heterocycles. The first-order valence-corrected chi connectivity index (χ1v) is 6.88. The molecule has 0 amide bonds. The van der Waals surface area contributed by atoms with Crippen LogP contribution in [0.15, 0.2) is 41.0 Å². The van der Waals surface area contributed by atoms with Crippen molar-refractivity contribution >= 4 is 33.2 Å². The molecule has 0 aliphatic carbocycles. The van der Waals surface area contributed by atoms with Gasteiger partial charge in [0.15, 0.2) is 5.15 Å². The number of hydrogen-bond donors (Lipinski definition) is 1. The Morgan fingerprint density at radius 2 is 2.11 bits per heavy atom. The standard InChI is InChI=1S/C14H14BrClN2/c1-9-6-7-17-14(16)13(9)18-10(2)11-4-3-5-12(15)8-11/h3-8,10,18H,1-2H3. The molecule has 2 aromatic rings. The minimum absolute atomic E-state index is 0.169. The fourth-order valence-electron chi connectivity index (χ4n) is 1.77. The molecule has 0 aliphatic rings. The number of halogens is 2. The molecule has 0 radical (unpaired) electrons. The Morgan fingerprint density at radius 3 is 2.78 bits per heavy atom. The minimum Gasteiger partial charge on any atom is -0.376 e. The molecule has 4 heteroatoms. The molecule has 0 saturated carbocycles. The Bertz CT molecular complexity index is 537. The van der Waals surface area contributed by atoms with Crippen molar-refractivity contribution < 1.29 is 0 Å². The molecule has 1 heterocycles. The van der Waals surface area contributed by atoms with Crippen LogP contribution in [0, 0.1) is 6.92 Å². The second-order valence-electron chi connectivity index (χ2n) is 4.21. The summed E-state index contributed by atoms with van der Waals surface area (Å²) in [5.74, 6) is 0. The van der Waals surface area contributed by atoms with E-state index in [0.717, 1.165) is 15.7 Å². The maximum absolute atomic E-state index is 6.11. The number of pyridine rings is 1. The van der Waals surface area contributed by atoms with Gasteiger partial charge in [-0.25, -0.2) is 4.98 Å². The summed E-state index contributed by atoms with van der Waals surface area (Å²) >= 11 is 9.59. The number of rotatable bonds is 3. The van der Waals surface area contributed by atoms with Crippen LogP contribution in [-0.2, 0) is 0 Å². The topological polar surface area (TPSA) is 24.9 Å². The van der Waals surface area contributed by atoms with Crippen molar-refractivity contribution in [2.24, 2.45) is 0 Å². The third kappa shape index (κ3) is 3.03. The second kappa shape index (κ2) is 5.72. The van der Waals surface area contributed by atoms with Gasteiger partial charge >= 0.3 is 0 Å². The smallest absolute Gasteiger partial charge is 0.152 e. The van der Waals surface area contributed by atoms with Crippen molar-refractivity contribution in [1.82, 2.24) is 4.98 Å². The molecule has 94 valence electrons. The molecule has 18 heavy (non-hydrogen) atoms. The highest BCUT2D eigenvalue weighted by atomic mass is 79.9. The van der Waals surface area contributed by atoms with Crippen molar-refractivity contribution in [2.75, 3.05) is 5.32 Å². The summed E-state index contributed by atoms with van der Waals surface area (Å²) < 4.78 is 1.07. The van der Waals surface area contributed by atoms with Crippen LogP contribution >= 0.6 is 27.5 Å². The highest BCUT2D eigenvalue weighted by molar-refractivity contribution is 9.10. The van der Waals surface area contributed by atoms with Crippen molar-refractivity contribution in [1.29, 1.82) is 0 Å². The zero-order chi connectivity index (χ0) is 13.1. The van der Waals surface area contributed by atoms with Gasteiger partial charge in [0.1, 0.15) is 0 Å². The number of hydrogen-bond acceptors (Lipinski definition) is 2. The number of benzene rings is 1. The molecule has 0 saturated heterocycles. The van der Waals surface area contributed by atoms with Crippen molar-refractivity contribution in [3.8, 4) is 0 Å². The molecule has 1 atom stereocenters. The predicted molar refractivity (Wildman–Crippen MR) is 80.2 cm³/mol. The summed E-state index contributed by atoms with van der Waals surface area (Å²) in [4.78, 5) is 4.10.